The van der Waals surface area contributed by atoms with E-state index in [2.05, 4.69) is 43.0 Å². The Morgan fingerprint density at radius 2 is 2.25 bits per heavy atom. The van der Waals surface area contributed by atoms with Gasteiger partial charge in [0.1, 0.15) is 0 Å². The van der Waals surface area contributed by atoms with E-state index in [1.807, 2.05) is 0 Å². The van der Waals surface area contributed by atoms with E-state index in [-0.39, 0.29) is 0 Å². The Balaban J connectivity index is 2.03. The van der Waals surface area contributed by atoms with Crippen LogP contribution in [0.5, 0.6) is 0 Å². The van der Waals surface area contributed by atoms with Crippen LogP contribution in [0.15, 0.2) is 24.3 Å². The van der Waals surface area contributed by atoms with Crippen molar-refractivity contribution in [2.75, 3.05) is 19.6 Å². The minimum atomic E-state index is 0.764. The van der Waals surface area contributed by atoms with Crippen LogP contribution in [0.4, 0.5) is 0 Å². The zero-order chi connectivity index (χ0) is 11.4. The maximum atomic E-state index is 2.62. The van der Waals surface area contributed by atoms with Crippen molar-refractivity contribution in [1.29, 1.82) is 0 Å². The minimum absolute atomic E-state index is 0.764. The van der Waals surface area contributed by atoms with E-state index >= 15 is 0 Å². The Morgan fingerprint density at radius 3 is 3.00 bits per heavy atom. The van der Waals surface area contributed by atoms with Crippen molar-refractivity contribution in [3.8, 4) is 0 Å². The molecule has 1 atom stereocenters. The molecule has 0 spiro atoms. The summed E-state index contributed by atoms with van der Waals surface area (Å²) in [5.41, 5.74) is 2.94. The van der Waals surface area contributed by atoms with Crippen molar-refractivity contribution < 1.29 is 0 Å². The van der Waals surface area contributed by atoms with E-state index in [1.165, 1.54) is 44.5 Å². The first-order valence-electron chi connectivity index (χ1n) is 6.58. The van der Waals surface area contributed by atoms with Crippen molar-refractivity contribution in [3.63, 3.8) is 0 Å². The van der Waals surface area contributed by atoms with Crippen LogP contribution in [0.25, 0.3) is 0 Å². The van der Waals surface area contributed by atoms with Crippen molar-refractivity contribution in [2.45, 2.75) is 39.0 Å². The molecule has 16 heavy (non-hydrogen) atoms. The van der Waals surface area contributed by atoms with Gasteiger partial charge in [-0.2, -0.15) is 0 Å². The molecule has 0 N–H and O–H groups in total. The topological polar surface area (TPSA) is 3.24 Å². The van der Waals surface area contributed by atoms with Gasteiger partial charge in [-0.3, -0.25) is 0 Å². The summed E-state index contributed by atoms with van der Waals surface area (Å²) in [6, 6.07) is 9.05. The van der Waals surface area contributed by atoms with Gasteiger partial charge in [-0.15, -0.1) is 0 Å². The Morgan fingerprint density at radius 1 is 1.38 bits per heavy atom. The van der Waals surface area contributed by atoms with E-state index in [0.29, 0.717) is 0 Å². The number of aryl methyl sites for hydroxylation is 1. The number of likely N-dealkylation sites (tertiary alicyclic amines) is 1. The number of nitrogens with zero attached hydrogens (tertiary/aromatic N) is 1. The monoisotopic (exact) mass is 217 g/mol. The predicted octanol–water partition coefficient (Wildman–Crippen LogP) is 3.58. The van der Waals surface area contributed by atoms with E-state index < -0.39 is 0 Å². The second kappa shape index (κ2) is 5.49. The fourth-order valence-corrected chi connectivity index (χ4v) is 2.77. The first-order chi connectivity index (χ1) is 7.79. The molecule has 1 aromatic carbocycles. The van der Waals surface area contributed by atoms with Crippen LogP contribution in [0.3, 0.4) is 0 Å². The SMILES string of the molecule is CCCN1CCC[C@@H](c2cccc(C)c2)C1. The van der Waals surface area contributed by atoms with Gasteiger partial charge in [-0.05, 0) is 50.8 Å². The normalized spacial score (nSPS) is 22.2. The lowest BCUT2D eigenvalue weighted by Gasteiger charge is -2.32. The van der Waals surface area contributed by atoms with E-state index in [9.17, 15) is 0 Å². The molecular weight excluding hydrogens is 194 g/mol. The average molecular weight is 217 g/mol. The quantitative estimate of drug-likeness (QED) is 0.748. The maximum absolute atomic E-state index is 2.62. The lowest BCUT2D eigenvalue weighted by Crippen LogP contribution is -2.34. The number of rotatable bonds is 3. The van der Waals surface area contributed by atoms with Gasteiger partial charge in [0.05, 0.1) is 0 Å². The first-order valence-corrected chi connectivity index (χ1v) is 6.58. The number of piperidine rings is 1. The Bertz CT molecular complexity index is 330. The highest BCUT2D eigenvalue weighted by Crippen LogP contribution is 2.27. The first kappa shape index (κ1) is 11.7. The van der Waals surface area contributed by atoms with Gasteiger partial charge in [0, 0.05) is 6.54 Å². The molecule has 1 aromatic rings. The molecule has 0 bridgehead atoms. The second-order valence-corrected chi connectivity index (χ2v) is 5.05. The molecule has 0 amide bonds. The molecule has 0 aromatic heterocycles. The van der Waals surface area contributed by atoms with Gasteiger partial charge in [-0.25, -0.2) is 0 Å². The zero-order valence-electron chi connectivity index (χ0n) is 10.6. The molecule has 1 heterocycles. The molecule has 1 aliphatic heterocycles. The molecule has 1 aliphatic rings. The van der Waals surface area contributed by atoms with Crippen molar-refractivity contribution in [3.05, 3.63) is 35.4 Å². The Hall–Kier alpha value is -0.820. The highest BCUT2D eigenvalue weighted by molar-refractivity contribution is 5.26. The molecule has 1 heteroatoms. The third-order valence-electron chi connectivity index (χ3n) is 3.56. The number of hydrogen-bond donors (Lipinski definition) is 0. The maximum Gasteiger partial charge on any atom is 0.00503 e. The summed E-state index contributed by atoms with van der Waals surface area (Å²) in [6.45, 7) is 8.29. The van der Waals surface area contributed by atoms with Crippen molar-refractivity contribution in [1.82, 2.24) is 4.90 Å². The van der Waals surface area contributed by atoms with E-state index in [0.717, 1.165) is 5.92 Å². The van der Waals surface area contributed by atoms with Gasteiger partial charge >= 0.3 is 0 Å². The van der Waals surface area contributed by atoms with E-state index in [4.69, 9.17) is 0 Å². The summed E-state index contributed by atoms with van der Waals surface area (Å²) in [5, 5.41) is 0. The van der Waals surface area contributed by atoms with Crippen LogP contribution < -0.4 is 0 Å². The summed E-state index contributed by atoms with van der Waals surface area (Å²) in [7, 11) is 0. The van der Waals surface area contributed by atoms with Crippen LogP contribution in [-0.4, -0.2) is 24.5 Å². The third kappa shape index (κ3) is 2.85. The zero-order valence-corrected chi connectivity index (χ0v) is 10.6. The molecule has 1 fully saturated rings. The summed E-state index contributed by atoms with van der Waals surface area (Å²) in [5.74, 6) is 0.764. The van der Waals surface area contributed by atoms with Crippen LogP contribution in [0.1, 0.15) is 43.2 Å². The summed E-state index contributed by atoms with van der Waals surface area (Å²) in [6.07, 6.45) is 4.00. The molecule has 0 aliphatic carbocycles. The van der Waals surface area contributed by atoms with Crippen molar-refractivity contribution >= 4 is 0 Å². The van der Waals surface area contributed by atoms with Crippen LogP contribution in [0.2, 0.25) is 0 Å². The molecule has 0 unspecified atom stereocenters. The summed E-state index contributed by atoms with van der Waals surface area (Å²) < 4.78 is 0. The van der Waals surface area contributed by atoms with Gasteiger partial charge in [0.25, 0.3) is 0 Å². The molecule has 0 radical (unpaired) electrons. The second-order valence-electron chi connectivity index (χ2n) is 5.05. The number of hydrogen-bond acceptors (Lipinski definition) is 1. The van der Waals surface area contributed by atoms with Crippen LogP contribution >= 0.6 is 0 Å². The fourth-order valence-electron chi connectivity index (χ4n) is 2.77. The van der Waals surface area contributed by atoms with Gasteiger partial charge in [0.15, 0.2) is 0 Å². The third-order valence-corrected chi connectivity index (χ3v) is 3.56. The van der Waals surface area contributed by atoms with Gasteiger partial charge < -0.3 is 4.90 Å². The fraction of sp³-hybridized carbons (Fsp3) is 0.600. The van der Waals surface area contributed by atoms with Gasteiger partial charge in [-0.1, -0.05) is 36.8 Å². The Labute approximate surface area is 99.5 Å². The molecule has 1 nitrogen and oxygen atoms in total. The lowest BCUT2D eigenvalue weighted by molar-refractivity contribution is 0.208. The highest BCUT2D eigenvalue weighted by Gasteiger charge is 2.20. The molecular formula is C15H23N. The van der Waals surface area contributed by atoms with Crippen molar-refractivity contribution in [2.24, 2.45) is 0 Å². The van der Waals surface area contributed by atoms with Crippen LogP contribution in [-0.2, 0) is 0 Å². The minimum Gasteiger partial charge on any atom is -0.303 e. The van der Waals surface area contributed by atoms with E-state index in [1.54, 1.807) is 5.56 Å². The van der Waals surface area contributed by atoms with Gasteiger partial charge in [0.2, 0.25) is 0 Å². The molecule has 2 rings (SSSR count). The average Bonchev–Trinajstić information content (AvgIpc) is 2.30. The smallest absolute Gasteiger partial charge is 0.00503 e. The lowest BCUT2D eigenvalue weighted by atomic mass is 9.90. The predicted molar refractivity (Wildman–Crippen MR) is 69.9 cm³/mol. The molecule has 1 saturated heterocycles. The molecule has 0 saturated carbocycles. The van der Waals surface area contributed by atoms with Crippen LogP contribution in [0, 0.1) is 6.92 Å². The largest absolute Gasteiger partial charge is 0.303 e. The summed E-state index contributed by atoms with van der Waals surface area (Å²) in [4.78, 5) is 2.62. The highest BCUT2D eigenvalue weighted by atomic mass is 15.1. The molecule has 88 valence electrons. The summed E-state index contributed by atoms with van der Waals surface area (Å²) >= 11 is 0. The standard InChI is InChI=1S/C15H23N/c1-3-9-16-10-5-8-15(12-16)14-7-4-6-13(2)11-14/h4,6-7,11,15H,3,5,8-10,12H2,1-2H3/t15-/m1/s1. The number of benzene rings is 1. The Kier molecular flexibility index (Phi) is 4.00.